The van der Waals surface area contributed by atoms with Crippen molar-refractivity contribution in [1.82, 2.24) is 4.90 Å². The Labute approximate surface area is 157 Å². The fourth-order valence-electron chi connectivity index (χ4n) is 1.87. The van der Waals surface area contributed by atoms with Gasteiger partial charge >= 0.3 is 144 Å². The first-order chi connectivity index (χ1) is 9.74. The Bertz CT molecular complexity index is 568. The molecule has 1 saturated heterocycles. The van der Waals surface area contributed by atoms with Crippen LogP contribution in [0.2, 0.25) is 0 Å². The molecule has 0 aliphatic carbocycles. The van der Waals surface area contributed by atoms with E-state index in [9.17, 15) is 9.90 Å². The van der Waals surface area contributed by atoms with Crippen LogP contribution in [0.15, 0.2) is 24.3 Å². The van der Waals surface area contributed by atoms with E-state index in [4.69, 9.17) is 15.1 Å². The summed E-state index contributed by atoms with van der Waals surface area (Å²) < 4.78 is 1.30. The second kappa shape index (κ2) is 8.43. The molecule has 0 aromatic heterocycles. The Kier molecular flexibility index (Phi) is 7.56. The first-order valence-corrected chi connectivity index (χ1v) is 7.93. The fourth-order valence-corrected chi connectivity index (χ4v) is 2.65. The van der Waals surface area contributed by atoms with Crippen LogP contribution in [0, 0.1) is 11.8 Å². The van der Waals surface area contributed by atoms with Crippen LogP contribution in [0.25, 0.3) is 0 Å². The summed E-state index contributed by atoms with van der Waals surface area (Å²) in [4.78, 5) is 13.2. The van der Waals surface area contributed by atoms with Crippen LogP contribution < -0.4 is -0.342 Å². The molecule has 1 amide bonds. The molecule has 1 aliphatic rings. The number of carbonyl (C=O) groups is 1. The number of nitrogens with zero attached hydrogens (tertiary/aromatic N) is 1. The number of rotatable bonds is 0. The normalized spacial score (nSPS) is 20.3. The van der Waals surface area contributed by atoms with Gasteiger partial charge in [-0.25, -0.2) is 0 Å². The minimum atomic E-state index is -2.17. The quantitative estimate of drug-likeness (QED) is 0.310. The summed E-state index contributed by atoms with van der Waals surface area (Å²) in [6.07, 6.45) is 0.388. The van der Waals surface area contributed by atoms with Crippen molar-refractivity contribution in [3.05, 3.63) is 29.8 Å². The van der Waals surface area contributed by atoms with E-state index in [-0.39, 0.29) is 5.91 Å². The van der Waals surface area contributed by atoms with Crippen LogP contribution in [0.4, 0.5) is 0 Å². The van der Waals surface area contributed by atoms with Gasteiger partial charge in [0, 0.05) is 0 Å². The van der Waals surface area contributed by atoms with E-state index in [1.807, 2.05) is 18.2 Å². The van der Waals surface area contributed by atoms with Crippen LogP contribution >= 0.6 is 0 Å². The third-order valence-corrected chi connectivity index (χ3v) is 3.91. The first-order valence-electron chi connectivity index (χ1n) is 6.36. The van der Waals surface area contributed by atoms with Gasteiger partial charge in [0.05, 0.1) is 0 Å². The molecule has 1 aliphatic heterocycles. The van der Waals surface area contributed by atoms with Gasteiger partial charge in [-0.2, -0.15) is 0 Å². The maximum Gasteiger partial charge on any atom is 0.631 e. The standard InChI is InChI=1S/C13H12NO2.BH3O3.K/c1-14-10-9-13(16,12(14)15)8-7-11-5-3-2-4-6-11;2-1(3)4;/h2-3,5-6,16H,9-10H2,1H3;2-4H;. The van der Waals surface area contributed by atoms with E-state index in [0.29, 0.717) is 61.9 Å². The van der Waals surface area contributed by atoms with Crippen molar-refractivity contribution in [3.63, 3.8) is 0 Å². The number of aliphatic hydroxyl groups is 1. The Morgan fingerprint density at radius 2 is 2.00 bits per heavy atom. The van der Waals surface area contributed by atoms with Crippen molar-refractivity contribution in [2.24, 2.45) is 0 Å². The van der Waals surface area contributed by atoms with E-state index in [1.54, 1.807) is 7.05 Å². The van der Waals surface area contributed by atoms with Crippen LogP contribution in [0.5, 0.6) is 0 Å². The van der Waals surface area contributed by atoms with Crippen molar-refractivity contribution in [2.75, 3.05) is 13.6 Å². The summed E-state index contributed by atoms with van der Waals surface area (Å²) in [6.45, 7) is 0.563. The van der Waals surface area contributed by atoms with E-state index in [1.165, 1.54) is 4.56 Å². The topological polar surface area (TPSA) is 101 Å². The molecule has 1 heterocycles. The van der Waals surface area contributed by atoms with E-state index in [0.717, 1.165) is 5.56 Å². The molecule has 106 valence electrons. The molecule has 8 heteroatoms. The van der Waals surface area contributed by atoms with Gasteiger partial charge in [0.15, 0.2) is 0 Å². The fraction of sp³-hybridized carbons (Fsp3) is 0.308. The number of likely N-dealkylation sites (tertiary alicyclic amines) is 1. The predicted molar refractivity (Wildman–Crippen MR) is 78.3 cm³/mol. The second-order valence-electron chi connectivity index (χ2n) is 4.80. The molecule has 1 atom stereocenters. The minimum absolute atomic E-state index is 0.296. The summed E-state index contributed by atoms with van der Waals surface area (Å²) >= 11 is 0.616. The number of amides is 1. The van der Waals surface area contributed by atoms with Crippen LogP contribution in [-0.2, 0) is 4.79 Å². The molecule has 4 N–H and O–H groups in total. The van der Waals surface area contributed by atoms with E-state index < -0.39 is 12.9 Å². The summed E-state index contributed by atoms with van der Waals surface area (Å²) in [5, 5.41) is 31.6. The molecule has 1 aromatic carbocycles. The molecule has 1 aromatic rings. The van der Waals surface area contributed by atoms with Gasteiger partial charge in [-0.15, -0.1) is 0 Å². The molecule has 0 bridgehead atoms. The molecule has 0 radical (unpaired) electrons. The Morgan fingerprint density at radius 1 is 1.38 bits per heavy atom. The number of benzene rings is 1. The van der Waals surface area contributed by atoms with Gasteiger partial charge < -0.3 is 15.1 Å². The van der Waals surface area contributed by atoms with Crippen molar-refractivity contribution in [3.8, 4) is 11.8 Å². The summed E-state index contributed by atoms with van der Waals surface area (Å²) in [7, 11) is -0.484. The Hall–Kier alpha value is -0.209. The largest absolute Gasteiger partial charge is 0.631 e. The summed E-state index contributed by atoms with van der Waals surface area (Å²) in [6, 6.07) is 7.93. The average molecular weight is 315 g/mol. The van der Waals surface area contributed by atoms with Gasteiger partial charge in [-0.05, 0) is 0 Å². The molecule has 1 unspecified atom stereocenters. The van der Waals surface area contributed by atoms with E-state index >= 15 is 0 Å². The van der Waals surface area contributed by atoms with Crippen LogP contribution in [-0.4, -0.2) is 106 Å². The number of hydrogen-bond acceptors (Lipinski definition) is 5. The van der Waals surface area contributed by atoms with Crippen molar-refractivity contribution in [2.45, 2.75) is 12.0 Å². The third-order valence-electron chi connectivity index (χ3n) is 2.94. The van der Waals surface area contributed by atoms with Crippen molar-refractivity contribution < 1.29 is 25.0 Å². The Balaban J connectivity index is 0.000000491. The average Bonchev–Trinajstić information content (AvgIpc) is 2.65. The zero-order valence-electron chi connectivity index (χ0n) is 11.9. The molecule has 2 rings (SSSR count). The minimum Gasteiger partial charge on any atom is -0.402 e. The first kappa shape index (κ1) is 18.8. The molecule has 1 fully saturated rings. The van der Waals surface area contributed by atoms with Crippen LogP contribution in [0.3, 0.4) is 0 Å². The molecule has 21 heavy (non-hydrogen) atoms. The monoisotopic (exact) mass is 315 g/mol. The van der Waals surface area contributed by atoms with Crippen molar-refractivity contribution in [1.29, 1.82) is 0 Å². The maximum atomic E-state index is 11.7. The summed E-state index contributed by atoms with van der Waals surface area (Å²) in [5.41, 5.74) is -0.619. The number of likely N-dealkylation sites (N-methyl/N-ethyl adjacent to an activating group) is 1. The van der Waals surface area contributed by atoms with E-state index in [2.05, 4.69) is 17.9 Å². The SMILES string of the molecule is CN1CCC(O)(C#Cc2ccc[c]([K])c2)C1=O.OB(O)O. The third kappa shape index (κ3) is 6.20. The second-order valence-corrected chi connectivity index (χ2v) is 6.61. The number of hydrogen-bond donors (Lipinski definition) is 4. The molecular weight excluding hydrogens is 300 g/mol. The Morgan fingerprint density at radius 3 is 2.48 bits per heavy atom. The molecule has 0 saturated carbocycles. The summed E-state index contributed by atoms with van der Waals surface area (Å²) in [5.74, 6) is 5.32. The van der Waals surface area contributed by atoms with Gasteiger partial charge in [0.2, 0.25) is 0 Å². The maximum absolute atomic E-state index is 11.7. The predicted octanol–water partition coefficient (Wildman–Crippen LogP) is -2.63. The van der Waals surface area contributed by atoms with Crippen LogP contribution in [0.1, 0.15) is 12.0 Å². The zero-order valence-corrected chi connectivity index (χ0v) is 15.1. The van der Waals surface area contributed by atoms with Gasteiger partial charge in [-0.3, -0.25) is 0 Å². The molecule has 6 nitrogen and oxygen atoms in total. The zero-order chi connectivity index (χ0) is 16.0. The van der Waals surface area contributed by atoms with Crippen molar-refractivity contribution >= 4 is 61.8 Å². The van der Waals surface area contributed by atoms with Gasteiger partial charge in [0.1, 0.15) is 0 Å². The molecule has 0 spiro atoms. The number of carbonyl (C=O) groups excluding carboxylic acids is 1. The molecular formula is C13H15BKNO5. The smallest absolute Gasteiger partial charge is 0.402 e. The van der Waals surface area contributed by atoms with Gasteiger partial charge in [-0.1, -0.05) is 0 Å². The van der Waals surface area contributed by atoms with Gasteiger partial charge in [0.25, 0.3) is 0 Å².